The zero-order valence-electron chi connectivity index (χ0n) is 16.6. The van der Waals surface area contributed by atoms with E-state index in [-0.39, 0.29) is 17.1 Å². The number of hydrogen-bond acceptors (Lipinski definition) is 5. The number of Topliss-reactive ketones (excluding diaryl/α,β-unsaturated/α-hetero) is 1. The number of nitrogens with zero attached hydrogens (tertiary/aromatic N) is 1. The molecule has 2 aliphatic heterocycles. The third-order valence-electron chi connectivity index (χ3n) is 5.24. The largest absolute Gasteiger partial charge is 0.496 e. The molecule has 5 nitrogen and oxygen atoms in total. The van der Waals surface area contributed by atoms with Crippen molar-refractivity contribution in [1.29, 1.82) is 0 Å². The topological polar surface area (TPSA) is 48.0 Å². The van der Waals surface area contributed by atoms with E-state index in [4.69, 9.17) is 14.2 Å². The van der Waals surface area contributed by atoms with Crippen LogP contribution >= 0.6 is 0 Å². The number of hydrogen-bond donors (Lipinski definition) is 0. The lowest BCUT2D eigenvalue weighted by atomic mass is 9.94. The number of halogens is 1. The van der Waals surface area contributed by atoms with E-state index in [1.165, 1.54) is 19.3 Å². The van der Waals surface area contributed by atoms with Crippen molar-refractivity contribution in [1.82, 2.24) is 4.90 Å². The molecule has 2 aromatic carbocycles. The zero-order chi connectivity index (χ0) is 20.5. The highest BCUT2D eigenvalue weighted by Gasteiger charge is 2.36. The Morgan fingerprint density at radius 1 is 1.14 bits per heavy atom. The number of rotatable bonds is 4. The molecule has 0 bridgehead atoms. The van der Waals surface area contributed by atoms with Crippen molar-refractivity contribution in [2.75, 3.05) is 34.4 Å². The van der Waals surface area contributed by atoms with Gasteiger partial charge in [-0.25, -0.2) is 4.39 Å². The Morgan fingerprint density at radius 3 is 2.52 bits per heavy atom. The van der Waals surface area contributed by atoms with Crippen molar-refractivity contribution in [2.24, 2.45) is 0 Å². The van der Waals surface area contributed by atoms with Gasteiger partial charge in [0.05, 0.1) is 19.8 Å². The van der Waals surface area contributed by atoms with Crippen LogP contribution in [0, 0.1) is 5.82 Å². The summed E-state index contributed by atoms with van der Waals surface area (Å²) in [7, 11) is 5.13. The van der Waals surface area contributed by atoms with Gasteiger partial charge in [-0.1, -0.05) is 24.3 Å². The van der Waals surface area contributed by atoms with Crippen LogP contribution < -0.4 is 14.2 Å². The van der Waals surface area contributed by atoms with E-state index in [1.807, 2.05) is 0 Å². The van der Waals surface area contributed by atoms with E-state index in [1.54, 1.807) is 31.4 Å². The Hall–Kier alpha value is -3.12. The highest BCUT2D eigenvalue weighted by molar-refractivity contribution is 6.17. The van der Waals surface area contributed by atoms with Crippen molar-refractivity contribution < 1.29 is 23.4 Å². The van der Waals surface area contributed by atoms with Crippen molar-refractivity contribution in [3.05, 3.63) is 64.7 Å². The van der Waals surface area contributed by atoms with Crippen LogP contribution in [-0.2, 0) is 0 Å². The molecule has 2 aromatic rings. The minimum absolute atomic E-state index is 0.0615. The van der Waals surface area contributed by atoms with Crippen molar-refractivity contribution in [3.63, 3.8) is 0 Å². The van der Waals surface area contributed by atoms with Gasteiger partial charge in [-0.05, 0) is 31.2 Å². The second-order valence-electron chi connectivity index (χ2n) is 7.06. The van der Waals surface area contributed by atoms with Gasteiger partial charge in [0, 0.05) is 24.7 Å². The first-order chi connectivity index (χ1) is 14.0. The molecular formula is C23H22FNO4. The van der Waals surface area contributed by atoms with E-state index >= 15 is 0 Å². The fraction of sp³-hybridized carbons (Fsp3) is 0.261. The van der Waals surface area contributed by atoms with E-state index < -0.39 is 5.82 Å². The molecule has 0 N–H and O–H groups in total. The zero-order valence-corrected chi connectivity index (χ0v) is 16.6. The summed E-state index contributed by atoms with van der Waals surface area (Å²) in [5.74, 6) is 0.663. The molecule has 4 rings (SSSR count). The van der Waals surface area contributed by atoms with Crippen molar-refractivity contribution in [2.45, 2.75) is 6.42 Å². The van der Waals surface area contributed by atoms with Crippen molar-refractivity contribution in [3.8, 4) is 17.2 Å². The van der Waals surface area contributed by atoms with Gasteiger partial charge in [-0.3, -0.25) is 4.79 Å². The summed E-state index contributed by atoms with van der Waals surface area (Å²) in [4.78, 5) is 15.3. The number of likely N-dealkylation sites (N-methyl/N-ethyl adjacent to an activating group) is 1. The molecule has 0 amide bonds. The van der Waals surface area contributed by atoms with Crippen molar-refractivity contribution >= 4 is 17.4 Å². The molecule has 0 saturated heterocycles. The number of methoxy groups -OCH3 is 2. The third kappa shape index (κ3) is 3.40. The summed E-state index contributed by atoms with van der Waals surface area (Å²) < 4.78 is 31.1. The standard InChI is InChI=1S/C23H22FNO4/c1-25-10-8-14(9-11-25)20-17(27-2)13-18(28-3)21-22(26)19(29-23(20)21)12-15-6-4-5-7-16(15)24/h4-8,12-13H,9-11H2,1-3H3/b19-12+. The molecule has 0 unspecified atom stereocenters. The lowest BCUT2D eigenvalue weighted by Gasteiger charge is -2.24. The lowest BCUT2D eigenvalue weighted by Crippen LogP contribution is -2.23. The number of ketones is 1. The fourth-order valence-electron chi connectivity index (χ4n) is 3.66. The predicted molar refractivity (Wildman–Crippen MR) is 109 cm³/mol. The van der Waals surface area contributed by atoms with Gasteiger partial charge < -0.3 is 19.1 Å². The minimum atomic E-state index is -0.421. The molecule has 0 aromatic heterocycles. The Kier molecular flexibility index (Phi) is 5.11. The van der Waals surface area contributed by atoms with Gasteiger partial charge in [0.25, 0.3) is 0 Å². The highest BCUT2D eigenvalue weighted by atomic mass is 19.1. The molecule has 150 valence electrons. The molecule has 2 heterocycles. The first-order valence-electron chi connectivity index (χ1n) is 9.39. The number of fused-ring (bicyclic) bond motifs is 1. The van der Waals surface area contributed by atoms with E-state index in [2.05, 4.69) is 18.0 Å². The average Bonchev–Trinajstić information content (AvgIpc) is 3.05. The Bertz CT molecular complexity index is 1040. The highest BCUT2D eigenvalue weighted by Crippen LogP contribution is 2.49. The van der Waals surface area contributed by atoms with Crippen LogP contribution in [0.2, 0.25) is 0 Å². The molecule has 0 spiro atoms. The first kappa shape index (κ1) is 19.2. The number of benzene rings is 2. The van der Waals surface area contributed by atoms with Crippen LogP contribution in [0.15, 0.2) is 42.2 Å². The van der Waals surface area contributed by atoms with Gasteiger partial charge >= 0.3 is 0 Å². The predicted octanol–water partition coefficient (Wildman–Crippen LogP) is 4.18. The molecular weight excluding hydrogens is 373 g/mol. The van der Waals surface area contributed by atoms with Crippen LogP contribution in [0.4, 0.5) is 4.39 Å². The van der Waals surface area contributed by atoms with Gasteiger partial charge in [0.15, 0.2) is 11.5 Å². The first-order valence-corrected chi connectivity index (χ1v) is 9.39. The Morgan fingerprint density at radius 2 is 1.86 bits per heavy atom. The summed E-state index contributed by atoms with van der Waals surface area (Å²) in [5.41, 5.74) is 2.43. The molecule has 0 saturated carbocycles. The smallest absolute Gasteiger partial charge is 0.235 e. The second kappa shape index (κ2) is 7.72. The maximum Gasteiger partial charge on any atom is 0.235 e. The van der Waals surface area contributed by atoms with Gasteiger partial charge in [-0.15, -0.1) is 0 Å². The molecule has 0 fully saturated rings. The van der Waals surface area contributed by atoms with Crippen LogP contribution in [0.1, 0.15) is 27.9 Å². The summed E-state index contributed by atoms with van der Waals surface area (Å²) in [5, 5.41) is 0. The molecule has 0 atom stereocenters. The maximum atomic E-state index is 14.1. The maximum absolute atomic E-state index is 14.1. The molecule has 2 aliphatic rings. The normalized spacial score (nSPS) is 17.7. The van der Waals surface area contributed by atoms with Gasteiger partial charge in [-0.2, -0.15) is 0 Å². The minimum Gasteiger partial charge on any atom is -0.496 e. The summed E-state index contributed by atoms with van der Waals surface area (Å²) in [6.45, 7) is 1.69. The van der Waals surface area contributed by atoms with Crippen LogP contribution in [0.5, 0.6) is 17.2 Å². The number of carbonyl (C=O) groups is 1. The SMILES string of the molecule is COc1cc(OC)c(C2=CCN(C)CC2)c2c1C(=O)/C(=C\c1ccccc1F)O2. The van der Waals surface area contributed by atoms with E-state index in [0.29, 0.717) is 22.8 Å². The second-order valence-corrected chi connectivity index (χ2v) is 7.06. The molecule has 6 heteroatoms. The third-order valence-corrected chi connectivity index (χ3v) is 5.24. The van der Waals surface area contributed by atoms with Crippen LogP contribution in [0.3, 0.4) is 0 Å². The number of ether oxygens (including phenoxy) is 3. The quantitative estimate of drug-likeness (QED) is 0.727. The molecule has 0 aliphatic carbocycles. The fourth-order valence-corrected chi connectivity index (χ4v) is 3.66. The Labute approximate surface area is 169 Å². The average molecular weight is 395 g/mol. The number of allylic oxidation sites excluding steroid dienone is 1. The van der Waals surface area contributed by atoms with Gasteiger partial charge in [0.2, 0.25) is 5.78 Å². The molecule has 0 radical (unpaired) electrons. The summed E-state index contributed by atoms with van der Waals surface area (Å²) in [6, 6.07) is 7.96. The number of carbonyl (C=O) groups excluding carboxylic acids is 1. The monoisotopic (exact) mass is 395 g/mol. The summed E-state index contributed by atoms with van der Waals surface area (Å²) in [6.07, 6.45) is 4.34. The van der Waals surface area contributed by atoms with Gasteiger partial charge in [0.1, 0.15) is 22.9 Å². The molecule has 29 heavy (non-hydrogen) atoms. The Balaban J connectivity index is 1.87. The van der Waals surface area contributed by atoms with Crippen LogP contribution in [0.25, 0.3) is 11.6 Å². The van der Waals surface area contributed by atoms with E-state index in [9.17, 15) is 9.18 Å². The summed E-state index contributed by atoms with van der Waals surface area (Å²) >= 11 is 0. The lowest BCUT2D eigenvalue weighted by molar-refractivity contribution is 0.101. The van der Waals surface area contributed by atoms with E-state index in [0.717, 1.165) is 30.6 Å². The van der Waals surface area contributed by atoms with Crippen LogP contribution in [-0.4, -0.2) is 45.0 Å².